The highest BCUT2D eigenvalue weighted by Gasteiger charge is 2.22. The first kappa shape index (κ1) is 18.7. The van der Waals surface area contributed by atoms with Crippen molar-refractivity contribution in [2.75, 3.05) is 12.8 Å². The highest BCUT2D eigenvalue weighted by molar-refractivity contribution is 5.96. The lowest BCUT2D eigenvalue weighted by Crippen LogP contribution is -2.11. The number of aromatic nitrogens is 4. The molecule has 3 N–H and O–H groups in total. The molecule has 0 aliphatic rings. The second-order valence-electron chi connectivity index (χ2n) is 6.26. The molecule has 0 atom stereocenters. The molecule has 148 valence electrons. The summed E-state index contributed by atoms with van der Waals surface area (Å²) in [4.78, 5) is 27.6. The number of carbonyl (C=O) groups is 2. The number of esters is 1. The number of nitrogens with two attached hydrogens (primary N) is 1. The van der Waals surface area contributed by atoms with Gasteiger partial charge in [0.1, 0.15) is 6.07 Å². The summed E-state index contributed by atoms with van der Waals surface area (Å²) in [6.45, 7) is 0. The lowest BCUT2D eigenvalue weighted by Gasteiger charge is -2.11. The molecule has 0 bridgehead atoms. The van der Waals surface area contributed by atoms with Gasteiger partial charge in [-0.3, -0.25) is 0 Å². The molecule has 30 heavy (non-hydrogen) atoms. The normalized spacial score (nSPS) is 10.7. The van der Waals surface area contributed by atoms with Gasteiger partial charge in [0.2, 0.25) is 0 Å². The number of aromatic carboxylic acids is 1. The third-order valence-electron chi connectivity index (χ3n) is 4.54. The summed E-state index contributed by atoms with van der Waals surface area (Å²) in [5, 5.41) is 22.6. The van der Waals surface area contributed by atoms with E-state index in [1.54, 1.807) is 36.5 Å². The molecule has 0 amide bonds. The van der Waals surface area contributed by atoms with E-state index in [1.807, 2.05) is 6.07 Å². The maximum absolute atomic E-state index is 12.2. The summed E-state index contributed by atoms with van der Waals surface area (Å²) >= 11 is 0. The van der Waals surface area contributed by atoms with Gasteiger partial charge < -0.3 is 20.1 Å². The quantitative estimate of drug-likeness (QED) is 0.493. The van der Waals surface area contributed by atoms with Gasteiger partial charge in [-0.2, -0.15) is 10.4 Å². The van der Waals surface area contributed by atoms with Crippen LogP contribution in [-0.2, 0) is 4.74 Å². The molecule has 0 spiro atoms. The van der Waals surface area contributed by atoms with Gasteiger partial charge in [0, 0.05) is 29.7 Å². The van der Waals surface area contributed by atoms with E-state index in [2.05, 4.69) is 10.1 Å². The van der Waals surface area contributed by atoms with Crippen molar-refractivity contribution >= 4 is 23.3 Å². The Balaban J connectivity index is 1.90. The van der Waals surface area contributed by atoms with Crippen molar-refractivity contribution in [1.29, 1.82) is 5.26 Å². The number of ether oxygens (including phenoxy) is 1. The van der Waals surface area contributed by atoms with Crippen LogP contribution in [0.2, 0.25) is 0 Å². The molecular weight excluding hydrogens is 388 g/mol. The van der Waals surface area contributed by atoms with Gasteiger partial charge in [-0.1, -0.05) is 12.1 Å². The number of anilines is 1. The maximum atomic E-state index is 12.2. The van der Waals surface area contributed by atoms with Crippen molar-refractivity contribution < 1.29 is 19.4 Å². The number of carboxylic acid groups (broad SMARTS) is 1. The molecule has 0 saturated carbocycles. The van der Waals surface area contributed by atoms with Crippen LogP contribution in [0.3, 0.4) is 0 Å². The number of methoxy groups -OCH3 is 1. The molecule has 10 heteroatoms. The third-order valence-corrected chi connectivity index (χ3v) is 4.54. The van der Waals surface area contributed by atoms with E-state index in [-0.39, 0.29) is 22.6 Å². The molecule has 0 radical (unpaired) electrons. The molecule has 3 aromatic heterocycles. The predicted molar refractivity (Wildman–Crippen MR) is 105 cm³/mol. The van der Waals surface area contributed by atoms with Crippen molar-refractivity contribution in [2.45, 2.75) is 0 Å². The number of benzene rings is 1. The monoisotopic (exact) mass is 402 g/mol. The van der Waals surface area contributed by atoms with Crippen LogP contribution in [-0.4, -0.2) is 43.3 Å². The van der Waals surface area contributed by atoms with Gasteiger partial charge in [0.25, 0.3) is 0 Å². The second kappa shape index (κ2) is 7.06. The third kappa shape index (κ3) is 2.91. The molecule has 3 heterocycles. The SMILES string of the molecule is COC(=O)c1c(N)c(C#N)cn1-c1cccc(-c2ccnc3cc(C(=O)O)nn23)c1. The number of rotatable bonds is 4. The minimum absolute atomic E-state index is 0.0271. The summed E-state index contributed by atoms with van der Waals surface area (Å²) in [5.74, 6) is -1.83. The zero-order valence-corrected chi connectivity index (χ0v) is 15.6. The molecule has 0 unspecified atom stereocenters. The second-order valence-corrected chi connectivity index (χ2v) is 6.26. The van der Waals surface area contributed by atoms with Gasteiger partial charge >= 0.3 is 11.9 Å². The highest BCUT2D eigenvalue weighted by Crippen LogP contribution is 2.28. The van der Waals surface area contributed by atoms with Crippen molar-refractivity contribution in [1.82, 2.24) is 19.2 Å². The van der Waals surface area contributed by atoms with Gasteiger partial charge in [-0.05, 0) is 18.2 Å². The maximum Gasteiger partial charge on any atom is 0.357 e. The Hall–Kier alpha value is -4.65. The number of nitrogens with zero attached hydrogens (tertiary/aromatic N) is 5. The molecule has 0 aliphatic heterocycles. The van der Waals surface area contributed by atoms with Crippen LogP contribution in [0.4, 0.5) is 5.69 Å². The first-order chi connectivity index (χ1) is 14.4. The number of fused-ring (bicyclic) bond motifs is 1. The van der Waals surface area contributed by atoms with E-state index in [1.165, 1.54) is 28.5 Å². The average Bonchev–Trinajstić information content (AvgIpc) is 3.34. The fraction of sp³-hybridized carbons (Fsp3) is 0.0500. The van der Waals surface area contributed by atoms with Crippen LogP contribution in [0.15, 0.2) is 48.8 Å². The fourth-order valence-corrected chi connectivity index (χ4v) is 3.15. The zero-order valence-electron chi connectivity index (χ0n) is 15.6. The minimum Gasteiger partial charge on any atom is -0.476 e. The summed E-state index contributed by atoms with van der Waals surface area (Å²) in [6.07, 6.45) is 3.01. The lowest BCUT2D eigenvalue weighted by molar-refractivity contribution is 0.0592. The van der Waals surface area contributed by atoms with Crippen molar-refractivity contribution in [3.8, 4) is 23.0 Å². The number of carboxylic acids is 1. The average molecular weight is 402 g/mol. The largest absolute Gasteiger partial charge is 0.476 e. The predicted octanol–water partition coefficient (Wildman–Crippen LogP) is 2.13. The Kier molecular flexibility index (Phi) is 4.40. The summed E-state index contributed by atoms with van der Waals surface area (Å²) < 4.78 is 7.71. The molecule has 10 nitrogen and oxygen atoms in total. The standard InChI is InChI=1S/C20H14N6O4/c1-30-20(29)18-17(22)12(9-21)10-25(18)13-4-2-3-11(7-13)15-5-6-23-16-8-14(19(27)28)24-26(15)16/h2-8,10H,22H2,1H3,(H,27,28). The number of hydrogen-bond acceptors (Lipinski definition) is 7. The number of nitrogen functional groups attached to an aromatic ring is 1. The van der Waals surface area contributed by atoms with Gasteiger partial charge in [0.05, 0.1) is 24.1 Å². The van der Waals surface area contributed by atoms with Gasteiger partial charge in [-0.25, -0.2) is 19.1 Å². The first-order valence-corrected chi connectivity index (χ1v) is 8.62. The van der Waals surface area contributed by atoms with Crippen LogP contribution in [0, 0.1) is 11.3 Å². The summed E-state index contributed by atoms with van der Waals surface area (Å²) in [6, 6.07) is 12.1. The molecule has 4 aromatic rings. The van der Waals surface area contributed by atoms with Crippen LogP contribution >= 0.6 is 0 Å². The topological polar surface area (TPSA) is 149 Å². The number of nitriles is 1. The fourth-order valence-electron chi connectivity index (χ4n) is 3.15. The van der Waals surface area contributed by atoms with Gasteiger partial charge in [-0.15, -0.1) is 0 Å². The molecule has 4 rings (SSSR count). The Labute approximate surface area is 169 Å². The Bertz CT molecular complexity index is 1360. The zero-order chi connectivity index (χ0) is 21.4. The van der Waals surface area contributed by atoms with Crippen LogP contribution in [0.5, 0.6) is 0 Å². The van der Waals surface area contributed by atoms with Crippen LogP contribution in [0.25, 0.3) is 22.6 Å². The lowest BCUT2D eigenvalue weighted by atomic mass is 10.1. The minimum atomic E-state index is -1.16. The van der Waals surface area contributed by atoms with Crippen molar-refractivity contribution in [2.24, 2.45) is 0 Å². The Morgan fingerprint density at radius 3 is 2.77 bits per heavy atom. The van der Waals surface area contributed by atoms with E-state index in [9.17, 15) is 20.0 Å². The Morgan fingerprint density at radius 1 is 1.27 bits per heavy atom. The molecule has 0 saturated heterocycles. The number of carbonyl (C=O) groups excluding carboxylic acids is 1. The first-order valence-electron chi connectivity index (χ1n) is 8.62. The van der Waals surface area contributed by atoms with Crippen LogP contribution in [0.1, 0.15) is 26.5 Å². The Morgan fingerprint density at radius 2 is 2.07 bits per heavy atom. The van der Waals surface area contributed by atoms with E-state index in [0.29, 0.717) is 22.6 Å². The van der Waals surface area contributed by atoms with Crippen LogP contribution < -0.4 is 5.73 Å². The van der Waals surface area contributed by atoms with E-state index in [4.69, 9.17) is 10.5 Å². The summed E-state index contributed by atoms with van der Waals surface area (Å²) in [7, 11) is 1.23. The molecule has 0 fully saturated rings. The molecular formula is C20H14N6O4. The molecule has 0 aliphatic carbocycles. The van der Waals surface area contributed by atoms with E-state index in [0.717, 1.165) is 0 Å². The highest BCUT2D eigenvalue weighted by atomic mass is 16.5. The number of hydrogen-bond donors (Lipinski definition) is 2. The van der Waals surface area contributed by atoms with Crippen molar-refractivity contribution in [3.05, 3.63) is 65.7 Å². The summed E-state index contributed by atoms with van der Waals surface area (Å²) in [5.41, 5.74) is 8.25. The van der Waals surface area contributed by atoms with Gasteiger partial charge in [0.15, 0.2) is 17.0 Å². The van der Waals surface area contributed by atoms with E-state index >= 15 is 0 Å². The van der Waals surface area contributed by atoms with E-state index < -0.39 is 11.9 Å². The smallest absolute Gasteiger partial charge is 0.357 e. The van der Waals surface area contributed by atoms with Crippen molar-refractivity contribution in [3.63, 3.8) is 0 Å². The molecule has 1 aromatic carbocycles.